The van der Waals surface area contributed by atoms with Gasteiger partial charge in [-0.25, -0.2) is 0 Å². The first-order valence-electron chi connectivity index (χ1n) is 5.07. The van der Waals surface area contributed by atoms with Crippen LogP contribution < -0.4 is 0 Å². The number of carbonyl (C=O) groups excluding carboxylic acids is 1. The predicted octanol–water partition coefficient (Wildman–Crippen LogP) is 3.19. The minimum atomic E-state index is -3.48. The topological polar surface area (TPSA) is 52.6 Å². The van der Waals surface area contributed by atoms with E-state index in [0.717, 1.165) is 0 Å². The smallest absolute Gasteiger partial charge is 0.308 e. The molecule has 6 heteroatoms. The van der Waals surface area contributed by atoms with Crippen molar-refractivity contribution in [2.24, 2.45) is 0 Å². The molecule has 90 valence electrons. The maximum absolute atomic E-state index is 12.0. The Morgan fingerprint density at radius 3 is 2.07 bits per heavy atom. The van der Waals surface area contributed by atoms with Gasteiger partial charge in [-0.1, -0.05) is 6.92 Å². The minimum Gasteiger partial charge on any atom is -0.308 e. The minimum absolute atomic E-state index is 0.208. The lowest BCUT2D eigenvalue weighted by Crippen LogP contribution is -2.17. The van der Waals surface area contributed by atoms with Gasteiger partial charge in [-0.2, -0.15) is 0 Å². The van der Waals surface area contributed by atoms with Gasteiger partial charge in [-0.05, 0) is 20.3 Å². The summed E-state index contributed by atoms with van der Waals surface area (Å²) in [6.07, 6.45) is 0.957. The zero-order chi connectivity index (χ0) is 11.9. The second kappa shape index (κ2) is 7.39. The van der Waals surface area contributed by atoms with Crippen molar-refractivity contribution in [2.75, 3.05) is 13.2 Å². The fourth-order valence-corrected chi connectivity index (χ4v) is 3.05. The van der Waals surface area contributed by atoms with Gasteiger partial charge >= 0.3 is 7.60 Å². The number of hydrogen-bond acceptors (Lipinski definition) is 4. The maximum atomic E-state index is 12.0. The summed E-state index contributed by atoms with van der Waals surface area (Å²) in [6, 6.07) is 0. The van der Waals surface area contributed by atoms with Crippen LogP contribution in [0.3, 0.4) is 0 Å². The highest BCUT2D eigenvalue weighted by Crippen LogP contribution is 2.55. The summed E-state index contributed by atoms with van der Waals surface area (Å²) in [5, 5.41) is -1.18. The lowest BCUT2D eigenvalue weighted by molar-refractivity contribution is -0.117. The summed E-state index contributed by atoms with van der Waals surface area (Å²) in [5.74, 6) is -0.288. The third-order valence-electron chi connectivity index (χ3n) is 1.66. The van der Waals surface area contributed by atoms with Gasteiger partial charge < -0.3 is 9.05 Å². The predicted molar refractivity (Wildman–Crippen MR) is 60.4 cm³/mol. The van der Waals surface area contributed by atoms with E-state index in [0.29, 0.717) is 6.42 Å². The summed E-state index contributed by atoms with van der Waals surface area (Å²) in [5.41, 5.74) is 0. The van der Waals surface area contributed by atoms with E-state index >= 15 is 0 Å². The Morgan fingerprint density at radius 2 is 1.73 bits per heavy atom. The summed E-state index contributed by atoms with van der Waals surface area (Å²) in [7, 11) is -3.48. The third-order valence-corrected chi connectivity index (χ3v) is 4.70. The van der Waals surface area contributed by atoms with Crippen molar-refractivity contribution in [3.63, 3.8) is 0 Å². The van der Waals surface area contributed by atoms with Gasteiger partial charge in [-0.3, -0.25) is 9.36 Å². The van der Waals surface area contributed by atoms with Crippen LogP contribution in [0.5, 0.6) is 0 Å². The summed E-state index contributed by atoms with van der Waals surface area (Å²) in [4.78, 5) is 11.5. The average molecular weight is 257 g/mol. The largest absolute Gasteiger partial charge is 0.355 e. The Hall–Kier alpha value is 0.110. The molecule has 0 aromatic carbocycles. The van der Waals surface area contributed by atoms with Gasteiger partial charge in [0.15, 0.2) is 10.9 Å². The SMILES string of the molecule is CCCC(=O)C(Cl)P(=O)(OCC)OCC. The Bertz CT molecular complexity index is 234. The Kier molecular flexibility index (Phi) is 7.45. The number of halogens is 1. The molecule has 0 aliphatic rings. The molecule has 0 bridgehead atoms. The highest BCUT2D eigenvalue weighted by atomic mass is 35.5. The number of rotatable bonds is 8. The first-order chi connectivity index (χ1) is 7.01. The van der Waals surface area contributed by atoms with Crippen molar-refractivity contribution in [1.29, 1.82) is 0 Å². The van der Waals surface area contributed by atoms with Crippen molar-refractivity contribution in [3.8, 4) is 0 Å². The van der Waals surface area contributed by atoms with Crippen LogP contribution in [0.25, 0.3) is 0 Å². The Labute approximate surface area is 95.8 Å². The fourth-order valence-electron chi connectivity index (χ4n) is 1.07. The van der Waals surface area contributed by atoms with Crippen LogP contribution in [0.2, 0.25) is 0 Å². The first kappa shape index (κ1) is 15.1. The molecule has 0 aliphatic carbocycles. The van der Waals surface area contributed by atoms with Crippen LogP contribution in [-0.2, 0) is 18.4 Å². The standard InChI is InChI=1S/C9H18ClO4P/c1-4-7-8(11)9(10)15(12,13-5-2)14-6-3/h9H,4-7H2,1-3H3. The van der Waals surface area contributed by atoms with Crippen LogP contribution >= 0.6 is 19.2 Å². The van der Waals surface area contributed by atoms with Gasteiger partial charge in [0.2, 0.25) is 0 Å². The second-order valence-corrected chi connectivity index (χ2v) is 5.78. The van der Waals surface area contributed by atoms with Crippen molar-refractivity contribution >= 4 is 25.0 Å². The number of ketones is 1. The monoisotopic (exact) mass is 256 g/mol. The molecule has 4 nitrogen and oxygen atoms in total. The lowest BCUT2D eigenvalue weighted by atomic mass is 10.2. The summed E-state index contributed by atoms with van der Waals surface area (Å²) < 4.78 is 22.0. The molecule has 0 saturated heterocycles. The highest BCUT2D eigenvalue weighted by Gasteiger charge is 2.38. The molecule has 0 radical (unpaired) electrons. The van der Waals surface area contributed by atoms with Crippen LogP contribution in [0.1, 0.15) is 33.6 Å². The lowest BCUT2D eigenvalue weighted by Gasteiger charge is -2.20. The van der Waals surface area contributed by atoms with Gasteiger partial charge in [0, 0.05) is 6.42 Å². The van der Waals surface area contributed by atoms with Crippen molar-refractivity contribution < 1.29 is 18.4 Å². The second-order valence-electron chi connectivity index (χ2n) is 2.93. The van der Waals surface area contributed by atoms with E-state index in [9.17, 15) is 9.36 Å². The van der Waals surface area contributed by atoms with E-state index < -0.39 is 12.7 Å². The number of hydrogen-bond donors (Lipinski definition) is 0. The van der Waals surface area contributed by atoms with Crippen molar-refractivity contribution in [3.05, 3.63) is 0 Å². The number of carbonyl (C=O) groups is 1. The van der Waals surface area contributed by atoms with E-state index in [2.05, 4.69) is 0 Å². The normalized spacial score (nSPS) is 13.9. The molecule has 0 saturated carbocycles. The molecule has 0 fully saturated rings. The third kappa shape index (κ3) is 4.64. The summed E-state index contributed by atoms with van der Waals surface area (Å²) >= 11 is 5.81. The molecular formula is C9H18ClO4P. The first-order valence-corrected chi connectivity index (χ1v) is 7.12. The quantitative estimate of drug-likeness (QED) is 0.494. The number of alkyl halides is 1. The highest BCUT2D eigenvalue weighted by molar-refractivity contribution is 7.57. The molecule has 0 aromatic rings. The molecule has 0 heterocycles. The molecule has 0 aliphatic heterocycles. The zero-order valence-electron chi connectivity index (χ0n) is 9.36. The molecular weight excluding hydrogens is 239 g/mol. The molecule has 15 heavy (non-hydrogen) atoms. The molecule has 0 rings (SSSR count). The zero-order valence-corrected chi connectivity index (χ0v) is 11.0. The molecule has 0 amide bonds. The molecule has 0 N–H and O–H groups in total. The van der Waals surface area contributed by atoms with Crippen LogP contribution in [-0.4, -0.2) is 24.1 Å². The van der Waals surface area contributed by atoms with Crippen LogP contribution in [0, 0.1) is 0 Å². The molecule has 1 unspecified atom stereocenters. The summed E-state index contributed by atoms with van der Waals surface area (Å²) in [6.45, 7) is 5.63. The van der Waals surface area contributed by atoms with Crippen LogP contribution in [0.4, 0.5) is 0 Å². The number of Topliss-reactive ketones (excluding diaryl/α,β-unsaturated/α-hetero) is 1. The molecule has 0 aromatic heterocycles. The van der Waals surface area contributed by atoms with E-state index in [4.69, 9.17) is 20.6 Å². The van der Waals surface area contributed by atoms with E-state index in [1.807, 2.05) is 6.92 Å². The van der Waals surface area contributed by atoms with E-state index in [1.54, 1.807) is 13.8 Å². The fraction of sp³-hybridized carbons (Fsp3) is 0.889. The van der Waals surface area contributed by atoms with Gasteiger partial charge in [0.25, 0.3) is 0 Å². The average Bonchev–Trinajstić information content (AvgIpc) is 2.17. The van der Waals surface area contributed by atoms with Crippen LogP contribution in [0.15, 0.2) is 0 Å². The van der Waals surface area contributed by atoms with Gasteiger partial charge in [0.1, 0.15) is 0 Å². The molecule has 1 atom stereocenters. The Morgan fingerprint density at radius 1 is 1.27 bits per heavy atom. The Balaban J connectivity index is 4.60. The van der Waals surface area contributed by atoms with Gasteiger partial charge in [0.05, 0.1) is 13.2 Å². The van der Waals surface area contributed by atoms with E-state index in [-0.39, 0.29) is 25.4 Å². The maximum Gasteiger partial charge on any atom is 0.355 e. The van der Waals surface area contributed by atoms with Gasteiger partial charge in [-0.15, -0.1) is 11.6 Å². The molecule has 0 spiro atoms. The van der Waals surface area contributed by atoms with E-state index in [1.165, 1.54) is 0 Å². The van der Waals surface area contributed by atoms with Crippen molar-refractivity contribution in [1.82, 2.24) is 0 Å². The van der Waals surface area contributed by atoms with Crippen molar-refractivity contribution in [2.45, 2.75) is 38.7 Å².